The van der Waals surface area contributed by atoms with Crippen molar-refractivity contribution in [2.75, 3.05) is 34.5 Å². The summed E-state index contributed by atoms with van der Waals surface area (Å²) >= 11 is 0. The van der Waals surface area contributed by atoms with Crippen LogP contribution in [0.25, 0.3) is 11.3 Å². The van der Waals surface area contributed by atoms with Crippen molar-refractivity contribution in [2.24, 2.45) is 0 Å². The highest BCUT2D eigenvalue weighted by Gasteiger charge is 2.41. The molecule has 1 unspecified atom stereocenters. The number of ether oxygens (including phenoxy) is 3. The Morgan fingerprint density at radius 3 is 2.59 bits per heavy atom. The Morgan fingerprint density at radius 2 is 1.91 bits per heavy atom. The molecule has 8 heteroatoms. The summed E-state index contributed by atoms with van der Waals surface area (Å²) in [6, 6.07) is 14.4. The predicted octanol–water partition coefficient (Wildman–Crippen LogP) is 3.45. The fourth-order valence-electron chi connectivity index (χ4n) is 4.06. The number of nitrogens with one attached hydrogen (secondary N) is 1. The standard InChI is InChI=1S/C24H25N3O5/c1-30-13-5-12-27-22(15-8-10-16(11-9-15)24(29)32-3)19-20(25-26-21(19)23(27)28)17-6-4-7-18(14-17)31-2/h4,6-11,14,22H,5,12-13H2,1-3H3,(H,25,26). The van der Waals surface area contributed by atoms with E-state index in [2.05, 4.69) is 10.2 Å². The second-order valence-electron chi connectivity index (χ2n) is 7.45. The minimum atomic E-state index is -0.405. The van der Waals surface area contributed by atoms with Gasteiger partial charge in [0, 0.05) is 31.4 Å². The van der Waals surface area contributed by atoms with Crippen LogP contribution in [0.5, 0.6) is 5.75 Å². The van der Waals surface area contributed by atoms with Gasteiger partial charge < -0.3 is 19.1 Å². The highest BCUT2D eigenvalue weighted by Crippen LogP contribution is 2.43. The lowest BCUT2D eigenvalue weighted by atomic mass is 9.95. The number of methoxy groups -OCH3 is 3. The van der Waals surface area contributed by atoms with Crippen LogP contribution in [0.4, 0.5) is 0 Å². The smallest absolute Gasteiger partial charge is 0.337 e. The van der Waals surface area contributed by atoms with Crippen molar-refractivity contribution in [3.8, 4) is 17.0 Å². The van der Waals surface area contributed by atoms with Gasteiger partial charge in [-0.1, -0.05) is 24.3 Å². The molecular weight excluding hydrogens is 410 g/mol. The second-order valence-corrected chi connectivity index (χ2v) is 7.45. The van der Waals surface area contributed by atoms with Gasteiger partial charge in [0.2, 0.25) is 0 Å². The summed E-state index contributed by atoms with van der Waals surface area (Å²) in [7, 11) is 4.60. The van der Waals surface area contributed by atoms with Gasteiger partial charge in [-0.3, -0.25) is 9.89 Å². The van der Waals surface area contributed by atoms with E-state index in [1.54, 1.807) is 26.4 Å². The maximum absolute atomic E-state index is 13.3. The first-order chi connectivity index (χ1) is 15.6. The van der Waals surface area contributed by atoms with Crippen molar-refractivity contribution >= 4 is 11.9 Å². The fraction of sp³-hybridized carbons (Fsp3) is 0.292. The third-order valence-electron chi connectivity index (χ3n) is 5.60. The van der Waals surface area contributed by atoms with Gasteiger partial charge in [0.25, 0.3) is 5.91 Å². The molecule has 0 fully saturated rings. The van der Waals surface area contributed by atoms with Gasteiger partial charge >= 0.3 is 5.97 Å². The van der Waals surface area contributed by atoms with Crippen LogP contribution < -0.4 is 4.74 Å². The number of carbonyl (C=O) groups excluding carboxylic acids is 2. The Hall–Kier alpha value is -3.65. The van der Waals surface area contributed by atoms with Crippen LogP contribution in [0, 0.1) is 0 Å². The molecule has 0 bridgehead atoms. The number of benzene rings is 2. The molecule has 3 aromatic rings. The fourth-order valence-corrected chi connectivity index (χ4v) is 4.06. The maximum atomic E-state index is 13.3. The molecule has 0 saturated heterocycles. The molecule has 166 valence electrons. The van der Waals surface area contributed by atoms with E-state index in [0.29, 0.717) is 42.3 Å². The van der Waals surface area contributed by atoms with Crippen molar-refractivity contribution in [1.82, 2.24) is 15.1 Å². The molecule has 1 atom stereocenters. The molecular formula is C24H25N3O5. The maximum Gasteiger partial charge on any atom is 0.337 e. The molecule has 1 aliphatic rings. The zero-order chi connectivity index (χ0) is 22.7. The largest absolute Gasteiger partial charge is 0.497 e. The average molecular weight is 435 g/mol. The Morgan fingerprint density at radius 1 is 1.12 bits per heavy atom. The van der Waals surface area contributed by atoms with Crippen LogP contribution in [0.2, 0.25) is 0 Å². The number of esters is 1. The van der Waals surface area contributed by atoms with Crippen LogP contribution in [0.3, 0.4) is 0 Å². The Bertz CT molecular complexity index is 1120. The molecule has 0 aliphatic carbocycles. The Kier molecular flexibility index (Phi) is 6.23. The normalized spacial score (nSPS) is 15.0. The van der Waals surface area contributed by atoms with Gasteiger partial charge in [-0.05, 0) is 36.2 Å². The minimum Gasteiger partial charge on any atom is -0.497 e. The van der Waals surface area contributed by atoms with Gasteiger partial charge in [-0.2, -0.15) is 5.10 Å². The molecule has 4 rings (SSSR count). The number of nitrogens with zero attached hydrogens (tertiary/aromatic N) is 2. The molecule has 8 nitrogen and oxygen atoms in total. The summed E-state index contributed by atoms with van der Waals surface area (Å²) in [4.78, 5) is 27.0. The number of amides is 1. The highest BCUT2D eigenvalue weighted by atomic mass is 16.5. The van der Waals surface area contributed by atoms with Gasteiger partial charge in [0.15, 0.2) is 0 Å². The van der Waals surface area contributed by atoms with E-state index >= 15 is 0 Å². The molecule has 1 N–H and O–H groups in total. The SMILES string of the molecule is COCCCN1C(=O)c2[nH]nc(-c3cccc(OC)c3)c2C1c1ccc(C(=O)OC)cc1. The second kappa shape index (κ2) is 9.23. The highest BCUT2D eigenvalue weighted by molar-refractivity contribution is 6.00. The number of aromatic amines is 1. The quantitative estimate of drug-likeness (QED) is 0.430. The molecule has 32 heavy (non-hydrogen) atoms. The zero-order valence-electron chi connectivity index (χ0n) is 18.3. The molecule has 2 heterocycles. The summed E-state index contributed by atoms with van der Waals surface area (Å²) in [5.74, 6) is 0.191. The predicted molar refractivity (Wildman–Crippen MR) is 118 cm³/mol. The number of hydrogen-bond acceptors (Lipinski definition) is 6. The molecule has 0 saturated carbocycles. The van der Waals surface area contributed by atoms with Gasteiger partial charge in [0.05, 0.1) is 31.5 Å². The first kappa shape index (κ1) is 21.6. The summed E-state index contributed by atoms with van der Waals surface area (Å²) in [6.45, 7) is 1.07. The number of aromatic nitrogens is 2. The number of rotatable bonds is 8. The van der Waals surface area contributed by atoms with Crippen LogP contribution in [0.15, 0.2) is 48.5 Å². The third kappa shape index (κ3) is 3.85. The lowest BCUT2D eigenvalue weighted by Gasteiger charge is -2.26. The topological polar surface area (TPSA) is 93.8 Å². The average Bonchev–Trinajstić information content (AvgIpc) is 3.38. The Balaban J connectivity index is 1.79. The van der Waals surface area contributed by atoms with Crippen LogP contribution in [-0.2, 0) is 9.47 Å². The van der Waals surface area contributed by atoms with E-state index in [-0.39, 0.29) is 11.9 Å². The molecule has 1 aliphatic heterocycles. The van der Waals surface area contributed by atoms with E-state index < -0.39 is 5.97 Å². The van der Waals surface area contributed by atoms with Crippen LogP contribution in [0.1, 0.15) is 44.4 Å². The van der Waals surface area contributed by atoms with E-state index in [1.807, 2.05) is 41.3 Å². The van der Waals surface area contributed by atoms with Crippen molar-refractivity contribution in [2.45, 2.75) is 12.5 Å². The number of hydrogen-bond donors (Lipinski definition) is 1. The lowest BCUT2D eigenvalue weighted by Crippen LogP contribution is -2.31. The number of H-pyrrole nitrogens is 1. The van der Waals surface area contributed by atoms with Crippen molar-refractivity contribution < 1.29 is 23.8 Å². The van der Waals surface area contributed by atoms with E-state index in [0.717, 1.165) is 16.7 Å². The van der Waals surface area contributed by atoms with Crippen molar-refractivity contribution in [3.63, 3.8) is 0 Å². The summed E-state index contributed by atoms with van der Waals surface area (Å²) < 4.78 is 15.4. The van der Waals surface area contributed by atoms with E-state index in [4.69, 9.17) is 14.2 Å². The minimum absolute atomic E-state index is 0.111. The molecule has 0 spiro atoms. The van der Waals surface area contributed by atoms with Crippen molar-refractivity contribution in [1.29, 1.82) is 0 Å². The summed E-state index contributed by atoms with van der Waals surface area (Å²) in [5, 5.41) is 7.42. The third-order valence-corrected chi connectivity index (χ3v) is 5.60. The number of fused-ring (bicyclic) bond motifs is 1. The Labute approximate surface area is 186 Å². The van der Waals surface area contributed by atoms with Gasteiger partial charge in [0.1, 0.15) is 11.4 Å². The van der Waals surface area contributed by atoms with Crippen LogP contribution in [-0.4, -0.2) is 61.5 Å². The lowest BCUT2D eigenvalue weighted by molar-refractivity contribution is 0.0599. The zero-order valence-corrected chi connectivity index (χ0v) is 18.3. The molecule has 2 aromatic carbocycles. The van der Waals surface area contributed by atoms with E-state index in [1.165, 1.54) is 7.11 Å². The first-order valence-corrected chi connectivity index (χ1v) is 10.3. The summed E-state index contributed by atoms with van der Waals surface area (Å²) in [5.41, 5.74) is 4.17. The monoisotopic (exact) mass is 435 g/mol. The number of carbonyl (C=O) groups is 2. The summed E-state index contributed by atoms with van der Waals surface area (Å²) in [6.07, 6.45) is 0.700. The van der Waals surface area contributed by atoms with Gasteiger partial charge in [-0.25, -0.2) is 4.79 Å². The molecule has 0 radical (unpaired) electrons. The molecule has 1 aromatic heterocycles. The molecule has 1 amide bonds. The van der Waals surface area contributed by atoms with Crippen LogP contribution >= 0.6 is 0 Å². The first-order valence-electron chi connectivity index (χ1n) is 10.3. The van der Waals surface area contributed by atoms with Gasteiger partial charge in [-0.15, -0.1) is 0 Å². The van der Waals surface area contributed by atoms with Crippen molar-refractivity contribution in [3.05, 3.63) is 70.9 Å². The van der Waals surface area contributed by atoms with E-state index in [9.17, 15) is 9.59 Å².